The van der Waals surface area contributed by atoms with Crippen LogP contribution in [0.5, 0.6) is 11.5 Å². The zero-order chi connectivity index (χ0) is 13.4. The number of hydrogen-bond acceptors (Lipinski definition) is 4. The number of benzene rings is 2. The van der Waals surface area contributed by atoms with Gasteiger partial charge in [0.05, 0.1) is 11.4 Å². The molecule has 0 aromatic heterocycles. The molecule has 0 aliphatic carbocycles. The smallest absolute Gasteiger partial charge is 0.231 e. The maximum absolute atomic E-state index is 13.7. The van der Waals surface area contributed by atoms with E-state index in [0.29, 0.717) is 17.2 Å². The van der Waals surface area contributed by atoms with Crippen LogP contribution in [0.15, 0.2) is 30.3 Å². The predicted molar refractivity (Wildman–Crippen MR) is 71.4 cm³/mol. The monoisotopic (exact) mass is 260 g/mol. The van der Waals surface area contributed by atoms with Gasteiger partial charge in [0, 0.05) is 11.8 Å². The zero-order valence-corrected chi connectivity index (χ0v) is 10.4. The van der Waals surface area contributed by atoms with Crippen LogP contribution in [0.3, 0.4) is 0 Å². The highest BCUT2D eigenvalue weighted by Crippen LogP contribution is 2.38. The number of hydrogen-bond donors (Lipinski definition) is 2. The Hall–Kier alpha value is -2.43. The van der Waals surface area contributed by atoms with E-state index in [1.54, 1.807) is 18.2 Å². The van der Waals surface area contributed by atoms with E-state index in [1.807, 2.05) is 13.0 Å². The van der Waals surface area contributed by atoms with Gasteiger partial charge in [-0.15, -0.1) is 0 Å². The number of fused-ring (bicyclic) bond motifs is 1. The van der Waals surface area contributed by atoms with Crippen LogP contribution in [0.1, 0.15) is 5.56 Å². The molecule has 2 aromatic rings. The molecule has 5 heteroatoms. The molecular formula is C14H13FN2O2. The summed E-state index contributed by atoms with van der Waals surface area (Å²) >= 11 is 0. The summed E-state index contributed by atoms with van der Waals surface area (Å²) in [5.74, 6) is 0.949. The topological polar surface area (TPSA) is 56.5 Å². The van der Waals surface area contributed by atoms with Crippen LogP contribution >= 0.6 is 0 Å². The molecule has 1 aliphatic heterocycles. The van der Waals surface area contributed by atoms with Gasteiger partial charge in [0.2, 0.25) is 6.79 Å². The predicted octanol–water partition coefficient (Wildman–Crippen LogP) is 3.19. The summed E-state index contributed by atoms with van der Waals surface area (Å²) < 4.78 is 24.3. The van der Waals surface area contributed by atoms with Crippen molar-refractivity contribution in [1.29, 1.82) is 0 Å². The van der Waals surface area contributed by atoms with Gasteiger partial charge < -0.3 is 20.5 Å². The molecule has 0 saturated carbocycles. The molecule has 0 saturated heterocycles. The minimum atomic E-state index is -0.392. The third kappa shape index (κ3) is 2.03. The zero-order valence-electron chi connectivity index (χ0n) is 10.4. The van der Waals surface area contributed by atoms with Gasteiger partial charge in [0.1, 0.15) is 5.82 Å². The minimum absolute atomic E-state index is 0.208. The van der Waals surface area contributed by atoms with Crippen LogP contribution in [-0.4, -0.2) is 6.79 Å². The molecule has 1 aliphatic rings. The molecule has 19 heavy (non-hydrogen) atoms. The van der Waals surface area contributed by atoms with Crippen molar-refractivity contribution < 1.29 is 13.9 Å². The van der Waals surface area contributed by atoms with Crippen molar-refractivity contribution in [2.75, 3.05) is 17.8 Å². The number of nitrogens with one attached hydrogen (secondary N) is 1. The number of nitrogen functional groups attached to an aromatic ring is 1. The quantitative estimate of drug-likeness (QED) is 0.814. The van der Waals surface area contributed by atoms with E-state index in [0.717, 1.165) is 11.3 Å². The Kier molecular flexibility index (Phi) is 2.67. The highest BCUT2D eigenvalue weighted by Gasteiger charge is 2.16. The molecule has 0 unspecified atom stereocenters. The third-order valence-corrected chi connectivity index (χ3v) is 3.03. The second-order valence-electron chi connectivity index (χ2n) is 4.35. The van der Waals surface area contributed by atoms with Gasteiger partial charge in [-0.05, 0) is 30.7 Å². The summed E-state index contributed by atoms with van der Waals surface area (Å²) in [6.07, 6.45) is 0. The van der Waals surface area contributed by atoms with Crippen LogP contribution in [0.2, 0.25) is 0 Å². The van der Waals surface area contributed by atoms with Crippen molar-refractivity contribution in [2.24, 2.45) is 0 Å². The van der Waals surface area contributed by atoms with E-state index >= 15 is 0 Å². The summed E-state index contributed by atoms with van der Waals surface area (Å²) in [5, 5.41) is 3.00. The van der Waals surface area contributed by atoms with Gasteiger partial charge in [0.25, 0.3) is 0 Å². The Morgan fingerprint density at radius 3 is 2.68 bits per heavy atom. The molecule has 3 N–H and O–H groups in total. The summed E-state index contributed by atoms with van der Waals surface area (Å²) in [6.45, 7) is 2.11. The number of rotatable bonds is 2. The largest absolute Gasteiger partial charge is 0.454 e. The van der Waals surface area contributed by atoms with Crippen LogP contribution in [0.25, 0.3) is 0 Å². The SMILES string of the molecule is Cc1cc2c(cc1Nc1c(N)cccc1F)OCO2. The molecule has 0 spiro atoms. The molecule has 1 heterocycles. The lowest BCUT2D eigenvalue weighted by atomic mass is 10.1. The number of halogens is 1. The van der Waals surface area contributed by atoms with Crippen molar-refractivity contribution >= 4 is 17.1 Å². The normalized spacial score (nSPS) is 12.5. The molecule has 3 rings (SSSR count). The van der Waals surface area contributed by atoms with Gasteiger partial charge in [-0.25, -0.2) is 4.39 Å². The Bertz CT molecular complexity index is 623. The second kappa shape index (κ2) is 4.35. The van der Waals surface area contributed by atoms with Crippen molar-refractivity contribution in [2.45, 2.75) is 6.92 Å². The molecule has 0 atom stereocenters. The van der Waals surface area contributed by atoms with Crippen molar-refractivity contribution in [3.8, 4) is 11.5 Å². The number of nitrogens with two attached hydrogens (primary N) is 1. The van der Waals surface area contributed by atoms with Gasteiger partial charge >= 0.3 is 0 Å². The fourth-order valence-electron chi connectivity index (χ4n) is 1.99. The van der Waals surface area contributed by atoms with E-state index in [4.69, 9.17) is 15.2 Å². The molecule has 0 radical (unpaired) electrons. The Morgan fingerprint density at radius 1 is 1.21 bits per heavy atom. The average Bonchev–Trinajstić information content (AvgIpc) is 2.81. The van der Waals surface area contributed by atoms with Crippen LogP contribution in [0.4, 0.5) is 21.5 Å². The molecule has 0 fully saturated rings. The fourth-order valence-corrected chi connectivity index (χ4v) is 1.99. The Morgan fingerprint density at radius 2 is 1.95 bits per heavy atom. The first-order valence-corrected chi connectivity index (χ1v) is 5.86. The first kappa shape index (κ1) is 11.6. The number of anilines is 3. The highest BCUT2D eigenvalue weighted by molar-refractivity contribution is 5.75. The first-order chi connectivity index (χ1) is 9.15. The number of aryl methyl sites for hydroxylation is 1. The number of ether oxygens (including phenoxy) is 2. The van der Waals surface area contributed by atoms with Crippen molar-refractivity contribution in [3.63, 3.8) is 0 Å². The summed E-state index contributed by atoms with van der Waals surface area (Å²) in [6, 6.07) is 8.21. The van der Waals surface area contributed by atoms with E-state index in [-0.39, 0.29) is 12.5 Å². The summed E-state index contributed by atoms with van der Waals surface area (Å²) in [7, 11) is 0. The Balaban J connectivity index is 2.00. The minimum Gasteiger partial charge on any atom is -0.454 e. The molecule has 4 nitrogen and oxygen atoms in total. The number of para-hydroxylation sites is 1. The van der Waals surface area contributed by atoms with Crippen molar-refractivity contribution in [1.82, 2.24) is 0 Å². The van der Waals surface area contributed by atoms with E-state index in [9.17, 15) is 4.39 Å². The van der Waals surface area contributed by atoms with Crippen molar-refractivity contribution in [3.05, 3.63) is 41.7 Å². The van der Waals surface area contributed by atoms with E-state index in [1.165, 1.54) is 6.07 Å². The maximum atomic E-state index is 13.7. The fraction of sp³-hybridized carbons (Fsp3) is 0.143. The molecule has 2 aromatic carbocycles. The summed E-state index contributed by atoms with van der Waals surface area (Å²) in [4.78, 5) is 0. The summed E-state index contributed by atoms with van der Waals surface area (Å²) in [5.41, 5.74) is 8.06. The maximum Gasteiger partial charge on any atom is 0.231 e. The van der Waals surface area contributed by atoms with Gasteiger partial charge in [-0.3, -0.25) is 0 Å². The average molecular weight is 260 g/mol. The van der Waals surface area contributed by atoms with Crippen LogP contribution < -0.4 is 20.5 Å². The lowest BCUT2D eigenvalue weighted by Gasteiger charge is -2.13. The van der Waals surface area contributed by atoms with E-state index < -0.39 is 5.82 Å². The molecule has 0 amide bonds. The molecule has 98 valence electrons. The van der Waals surface area contributed by atoms with E-state index in [2.05, 4.69) is 5.32 Å². The van der Waals surface area contributed by atoms with Gasteiger partial charge in [0.15, 0.2) is 11.5 Å². The first-order valence-electron chi connectivity index (χ1n) is 5.86. The van der Waals surface area contributed by atoms with Crippen LogP contribution in [0, 0.1) is 12.7 Å². The van der Waals surface area contributed by atoms with Gasteiger partial charge in [-0.1, -0.05) is 6.07 Å². The highest BCUT2D eigenvalue weighted by atomic mass is 19.1. The van der Waals surface area contributed by atoms with Gasteiger partial charge in [-0.2, -0.15) is 0 Å². The second-order valence-corrected chi connectivity index (χ2v) is 4.35. The third-order valence-electron chi connectivity index (χ3n) is 3.03. The lowest BCUT2D eigenvalue weighted by Crippen LogP contribution is -2.00. The standard InChI is InChI=1S/C14H13FN2O2/c1-8-5-12-13(19-7-18-12)6-11(8)17-14-9(15)3-2-4-10(14)16/h2-6,17H,7,16H2,1H3. The Labute approximate surface area is 109 Å². The molecule has 0 bridgehead atoms. The van der Waals surface area contributed by atoms with Crippen LogP contribution in [-0.2, 0) is 0 Å². The molecular weight excluding hydrogens is 247 g/mol. The lowest BCUT2D eigenvalue weighted by molar-refractivity contribution is 0.174.